The van der Waals surface area contributed by atoms with Gasteiger partial charge in [-0.15, -0.1) is 0 Å². The van der Waals surface area contributed by atoms with Crippen LogP contribution in [0.3, 0.4) is 0 Å². The number of halogens is 3. The summed E-state index contributed by atoms with van der Waals surface area (Å²) >= 11 is 0. The van der Waals surface area contributed by atoms with Gasteiger partial charge in [0.05, 0.1) is 0 Å². The quantitative estimate of drug-likeness (QED) is 0.811. The fourth-order valence-corrected chi connectivity index (χ4v) is 2.68. The Hall–Kier alpha value is -1.03. The topological polar surface area (TPSA) is 26.0 Å². The molecule has 0 atom stereocenters. The molecule has 4 heteroatoms. The zero-order chi connectivity index (χ0) is 12.5. The zero-order valence-corrected chi connectivity index (χ0v) is 9.61. The number of nitrogens with two attached hydrogens (primary N) is 1. The highest BCUT2D eigenvalue weighted by Gasteiger charge is 2.33. The molecule has 94 valence electrons. The summed E-state index contributed by atoms with van der Waals surface area (Å²) in [5.41, 5.74) is 5.84. The fourth-order valence-electron chi connectivity index (χ4n) is 2.68. The Morgan fingerprint density at radius 2 is 1.59 bits per heavy atom. The average Bonchev–Trinajstić information content (AvgIpc) is 2.75. The summed E-state index contributed by atoms with van der Waals surface area (Å²) in [6.45, 7) is 0.464. The lowest BCUT2D eigenvalue weighted by atomic mass is 9.80. The van der Waals surface area contributed by atoms with Crippen molar-refractivity contribution < 1.29 is 13.2 Å². The van der Waals surface area contributed by atoms with Gasteiger partial charge >= 0.3 is 0 Å². The van der Waals surface area contributed by atoms with Gasteiger partial charge in [-0.1, -0.05) is 12.8 Å². The lowest BCUT2D eigenvalue weighted by molar-refractivity contribution is 0.301. The Balaban J connectivity index is 2.26. The Kier molecular flexibility index (Phi) is 3.43. The van der Waals surface area contributed by atoms with Gasteiger partial charge < -0.3 is 5.73 Å². The first kappa shape index (κ1) is 12.4. The van der Waals surface area contributed by atoms with Gasteiger partial charge in [-0.05, 0) is 42.9 Å². The van der Waals surface area contributed by atoms with Crippen LogP contribution < -0.4 is 5.73 Å². The number of hydrogen-bond acceptors (Lipinski definition) is 1. The van der Waals surface area contributed by atoms with Crippen molar-refractivity contribution in [1.82, 2.24) is 0 Å². The second-order valence-electron chi connectivity index (χ2n) is 4.95. The van der Waals surface area contributed by atoms with Crippen LogP contribution in [0.15, 0.2) is 12.1 Å². The maximum atomic E-state index is 13.5. The van der Waals surface area contributed by atoms with E-state index in [0.717, 1.165) is 31.7 Å². The molecule has 0 heterocycles. The molecular formula is C13H16F3N. The van der Waals surface area contributed by atoms with Gasteiger partial charge in [0.15, 0.2) is 11.6 Å². The molecule has 1 aliphatic rings. The maximum absolute atomic E-state index is 13.5. The summed E-state index contributed by atoms with van der Waals surface area (Å²) in [5, 5.41) is 0. The predicted molar refractivity (Wildman–Crippen MR) is 60.0 cm³/mol. The van der Waals surface area contributed by atoms with Crippen molar-refractivity contribution in [3.05, 3.63) is 35.1 Å². The van der Waals surface area contributed by atoms with Crippen molar-refractivity contribution in [2.75, 3.05) is 6.54 Å². The van der Waals surface area contributed by atoms with E-state index in [1.165, 1.54) is 0 Å². The van der Waals surface area contributed by atoms with Gasteiger partial charge in [0.1, 0.15) is 5.82 Å². The molecule has 1 aliphatic carbocycles. The molecule has 0 saturated heterocycles. The van der Waals surface area contributed by atoms with Crippen LogP contribution >= 0.6 is 0 Å². The minimum atomic E-state index is -1.14. The molecule has 1 nitrogen and oxygen atoms in total. The molecule has 0 aliphatic heterocycles. The molecule has 2 N–H and O–H groups in total. The molecule has 1 saturated carbocycles. The molecule has 0 radical (unpaired) electrons. The van der Waals surface area contributed by atoms with E-state index in [4.69, 9.17) is 5.73 Å². The average molecular weight is 243 g/mol. The largest absolute Gasteiger partial charge is 0.330 e. The van der Waals surface area contributed by atoms with E-state index < -0.39 is 17.5 Å². The smallest absolute Gasteiger partial charge is 0.161 e. The van der Waals surface area contributed by atoms with Gasteiger partial charge in [-0.2, -0.15) is 0 Å². The molecule has 0 unspecified atom stereocenters. The Morgan fingerprint density at radius 3 is 2.18 bits per heavy atom. The molecule has 0 bridgehead atoms. The minimum absolute atomic E-state index is 0.134. The van der Waals surface area contributed by atoms with E-state index in [-0.39, 0.29) is 11.0 Å². The molecule has 1 fully saturated rings. The molecule has 17 heavy (non-hydrogen) atoms. The molecule has 1 aromatic rings. The maximum Gasteiger partial charge on any atom is 0.161 e. The molecule has 0 spiro atoms. The Bertz CT molecular complexity index is 411. The Morgan fingerprint density at radius 1 is 1.00 bits per heavy atom. The van der Waals surface area contributed by atoms with Crippen LogP contribution in [0.25, 0.3) is 0 Å². The van der Waals surface area contributed by atoms with Gasteiger partial charge in [-0.25, -0.2) is 13.2 Å². The summed E-state index contributed by atoms with van der Waals surface area (Å²) in [6, 6.07) is 1.57. The standard InChI is InChI=1S/C13H16F3N/c14-10-6-12(16)11(15)5-9(10)7-13(8-17)3-1-2-4-13/h5-6H,1-4,7-8,17H2. The fraction of sp³-hybridized carbons (Fsp3) is 0.538. The lowest BCUT2D eigenvalue weighted by Gasteiger charge is -2.27. The highest BCUT2D eigenvalue weighted by molar-refractivity contribution is 5.22. The van der Waals surface area contributed by atoms with Crippen molar-refractivity contribution in [2.24, 2.45) is 11.1 Å². The van der Waals surface area contributed by atoms with Crippen LogP contribution in [0.5, 0.6) is 0 Å². The van der Waals surface area contributed by atoms with E-state index >= 15 is 0 Å². The number of rotatable bonds is 3. The third-order valence-electron chi connectivity index (χ3n) is 3.75. The Labute approximate surface area is 98.8 Å². The molecule has 1 aromatic carbocycles. The first-order valence-corrected chi connectivity index (χ1v) is 5.90. The first-order valence-electron chi connectivity index (χ1n) is 5.90. The number of benzene rings is 1. The van der Waals surface area contributed by atoms with Crippen LogP contribution in [0, 0.1) is 22.9 Å². The summed E-state index contributed by atoms with van der Waals surface area (Å²) in [6.07, 6.45) is 4.40. The molecule has 0 amide bonds. The van der Waals surface area contributed by atoms with Crippen molar-refractivity contribution in [1.29, 1.82) is 0 Å². The van der Waals surface area contributed by atoms with Crippen LogP contribution in [0.2, 0.25) is 0 Å². The van der Waals surface area contributed by atoms with Crippen molar-refractivity contribution in [2.45, 2.75) is 32.1 Å². The first-order chi connectivity index (χ1) is 8.06. The van der Waals surface area contributed by atoms with Gasteiger partial charge in [0.25, 0.3) is 0 Å². The molecular weight excluding hydrogens is 227 g/mol. The second-order valence-corrected chi connectivity index (χ2v) is 4.95. The normalized spacial score (nSPS) is 18.6. The van der Waals surface area contributed by atoms with Crippen molar-refractivity contribution >= 4 is 0 Å². The third-order valence-corrected chi connectivity index (χ3v) is 3.75. The SMILES string of the molecule is NCC1(Cc2cc(F)c(F)cc2F)CCCC1. The van der Waals surface area contributed by atoms with Crippen LogP contribution in [-0.4, -0.2) is 6.54 Å². The van der Waals surface area contributed by atoms with E-state index in [2.05, 4.69) is 0 Å². The van der Waals surface area contributed by atoms with Crippen molar-refractivity contribution in [3.8, 4) is 0 Å². The predicted octanol–water partition coefficient (Wildman–Crippen LogP) is 3.17. The van der Waals surface area contributed by atoms with Crippen molar-refractivity contribution in [3.63, 3.8) is 0 Å². The summed E-state index contributed by atoms with van der Waals surface area (Å²) < 4.78 is 39.4. The monoisotopic (exact) mass is 243 g/mol. The van der Waals surface area contributed by atoms with Crippen LogP contribution in [0.4, 0.5) is 13.2 Å². The second kappa shape index (κ2) is 4.69. The molecule has 0 aromatic heterocycles. The summed E-state index contributed by atoms with van der Waals surface area (Å²) in [4.78, 5) is 0. The lowest BCUT2D eigenvalue weighted by Crippen LogP contribution is -2.30. The van der Waals surface area contributed by atoms with E-state index in [1.807, 2.05) is 0 Å². The van der Waals surface area contributed by atoms with Crippen LogP contribution in [0.1, 0.15) is 31.2 Å². The highest BCUT2D eigenvalue weighted by Crippen LogP contribution is 2.40. The van der Waals surface area contributed by atoms with Crippen LogP contribution in [-0.2, 0) is 6.42 Å². The van der Waals surface area contributed by atoms with E-state index in [0.29, 0.717) is 19.0 Å². The molecule has 2 rings (SSSR count). The zero-order valence-electron chi connectivity index (χ0n) is 9.61. The summed E-state index contributed by atoms with van der Waals surface area (Å²) in [7, 11) is 0. The van der Waals surface area contributed by atoms with Gasteiger partial charge in [-0.3, -0.25) is 0 Å². The minimum Gasteiger partial charge on any atom is -0.330 e. The highest BCUT2D eigenvalue weighted by atomic mass is 19.2. The van der Waals surface area contributed by atoms with E-state index in [1.54, 1.807) is 0 Å². The third kappa shape index (κ3) is 2.46. The number of hydrogen-bond donors (Lipinski definition) is 1. The van der Waals surface area contributed by atoms with Gasteiger partial charge in [0, 0.05) is 6.07 Å². The van der Waals surface area contributed by atoms with E-state index in [9.17, 15) is 13.2 Å². The summed E-state index contributed by atoms with van der Waals surface area (Å²) in [5.74, 6) is -2.81. The van der Waals surface area contributed by atoms with Gasteiger partial charge in [0.2, 0.25) is 0 Å².